The van der Waals surface area contributed by atoms with Crippen molar-refractivity contribution in [1.82, 2.24) is 9.55 Å². The molecule has 3 heteroatoms. The molecule has 0 atom stereocenters. The molecule has 94 valence electrons. The number of fused-ring (bicyclic) bond motifs is 1. The van der Waals surface area contributed by atoms with E-state index in [4.69, 9.17) is 5.73 Å². The number of imidazole rings is 1. The Labute approximate surface area is 104 Å². The molecule has 3 nitrogen and oxygen atoms in total. The van der Waals surface area contributed by atoms with E-state index in [1.54, 1.807) is 0 Å². The first-order chi connectivity index (χ1) is 8.04. The van der Waals surface area contributed by atoms with Gasteiger partial charge in [0.25, 0.3) is 0 Å². The zero-order chi connectivity index (χ0) is 13.1. The maximum atomic E-state index is 6.11. The van der Waals surface area contributed by atoms with Gasteiger partial charge in [0.1, 0.15) is 5.82 Å². The average molecular weight is 233 g/mol. The van der Waals surface area contributed by atoms with Gasteiger partial charge in [-0.05, 0) is 32.9 Å². The Hall–Kier alpha value is -1.35. The number of hydrogen-bond donors (Lipinski definition) is 1. The van der Waals surface area contributed by atoms with E-state index in [-0.39, 0.29) is 0 Å². The van der Waals surface area contributed by atoms with Crippen LogP contribution in [0, 0.1) is 0 Å². The summed E-state index contributed by atoms with van der Waals surface area (Å²) in [5.41, 5.74) is 7.90. The number of rotatable bonds is 2. The van der Waals surface area contributed by atoms with E-state index in [1.807, 2.05) is 45.9 Å². The van der Waals surface area contributed by atoms with E-state index in [1.165, 1.54) is 0 Å². The lowest BCUT2D eigenvalue weighted by molar-refractivity contribution is 0.485. The summed E-state index contributed by atoms with van der Waals surface area (Å²) in [4.78, 5) is 4.59. The molecule has 0 unspecified atom stereocenters. The third-order valence-electron chi connectivity index (χ3n) is 2.55. The van der Waals surface area contributed by atoms with E-state index in [2.05, 4.69) is 22.5 Å². The Morgan fingerprint density at radius 1 is 1.24 bits per heavy atom. The molecule has 0 fully saturated rings. The molecule has 17 heavy (non-hydrogen) atoms. The Balaban J connectivity index is 0.000000686. The Morgan fingerprint density at radius 3 is 2.35 bits per heavy atom. The Kier molecular flexibility index (Phi) is 4.29. The van der Waals surface area contributed by atoms with E-state index in [0.29, 0.717) is 0 Å². The van der Waals surface area contributed by atoms with Crippen molar-refractivity contribution in [2.24, 2.45) is 5.73 Å². The van der Waals surface area contributed by atoms with Crippen LogP contribution in [0.5, 0.6) is 0 Å². The highest BCUT2D eigenvalue weighted by molar-refractivity contribution is 5.76. The quantitative estimate of drug-likeness (QED) is 0.865. The predicted octanol–water partition coefficient (Wildman–Crippen LogP) is 3.28. The molecule has 1 heterocycles. The second kappa shape index (κ2) is 5.32. The smallest absolute Gasteiger partial charge is 0.129 e. The highest BCUT2D eigenvalue weighted by Crippen LogP contribution is 2.22. The lowest BCUT2D eigenvalue weighted by Gasteiger charge is -2.19. The van der Waals surface area contributed by atoms with Crippen LogP contribution in [0.1, 0.15) is 40.4 Å². The molecule has 0 saturated heterocycles. The summed E-state index contributed by atoms with van der Waals surface area (Å²) < 4.78 is 2.18. The van der Waals surface area contributed by atoms with Crippen LogP contribution in [-0.4, -0.2) is 9.55 Å². The van der Waals surface area contributed by atoms with Gasteiger partial charge in [-0.15, -0.1) is 0 Å². The first-order valence-electron chi connectivity index (χ1n) is 6.28. The molecule has 1 aromatic carbocycles. The van der Waals surface area contributed by atoms with Gasteiger partial charge in [0, 0.05) is 6.54 Å². The monoisotopic (exact) mass is 233 g/mol. The van der Waals surface area contributed by atoms with Crippen LogP contribution in [0.4, 0.5) is 0 Å². The van der Waals surface area contributed by atoms with Gasteiger partial charge in [-0.2, -0.15) is 0 Å². The molecule has 0 aliphatic carbocycles. The summed E-state index contributed by atoms with van der Waals surface area (Å²) in [5, 5.41) is 0. The molecule has 0 aliphatic heterocycles. The Morgan fingerprint density at radius 2 is 1.82 bits per heavy atom. The average Bonchev–Trinajstić information content (AvgIpc) is 2.70. The first-order valence-corrected chi connectivity index (χ1v) is 6.28. The van der Waals surface area contributed by atoms with E-state index in [9.17, 15) is 0 Å². The minimum Gasteiger partial charge on any atom is -0.327 e. The summed E-state index contributed by atoms with van der Waals surface area (Å²) in [5.74, 6) is 0.950. The molecule has 2 aromatic rings. The van der Waals surface area contributed by atoms with Crippen molar-refractivity contribution < 1.29 is 0 Å². The number of hydrogen-bond acceptors (Lipinski definition) is 2. The van der Waals surface area contributed by atoms with E-state index >= 15 is 0 Å². The second-order valence-corrected chi connectivity index (χ2v) is 4.39. The van der Waals surface area contributed by atoms with Crippen molar-refractivity contribution in [3.05, 3.63) is 30.1 Å². The predicted molar refractivity (Wildman–Crippen MR) is 74.0 cm³/mol. The van der Waals surface area contributed by atoms with Crippen LogP contribution >= 0.6 is 0 Å². The van der Waals surface area contributed by atoms with Gasteiger partial charge in [0.2, 0.25) is 0 Å². The number of aromatic nitrogens is 2. The third-order valence-corrected chi connectivity index (χ3v) is 2.55. The molecule has 0 bridgehead atoms. The van der Waals surface area contributed by atoms with Gasteiger partial charge in [0.05, 0.1) is 16.6 Å². The summed E-state index contributed by atoms with van der Waals surface area (Å²) >= 11 is 0. The lowest BCUT2D eigenvalue weighted by atomic mass is 10.1. The van der Waals surface area contributed by atoms with Gasteiger partial charge in [-0.1, -0.05) is 26.0 Å². The summed E-state index contributed by atoms with van der Waals surface area (Å²) in [6, 6.07) is 8.14. The van der Waals surface area contributed by atoms with Crippen molar-refractivity contribution >= 4 is 11.0 Å². The van der Waals surface area contributed by atoms with E-state index < -0.39 is 5.54 Å². The number of para-hydroxylation sites is 2. The van der Waals surface area contributed by atoms with Crippen LogP contribution in [0.15, 0.2) is 24.3 Å². The molecule has 2 rings (SSSR count). The highest BCUT2D eigenvalue weighted by atomic mass is 15.1. The van der Waals surface area contributed by atoms with Crippen LogP contribution in [0.25, 0.3) is 11.0 Å². The molecule has 0 spiro atoms. The summed E-state index contributed by atoms with van der Waals surface area (Å²) in [6.45, 7) is 11.0. The maximum Gasteiger partial charge on any atom is 0.129 e. The van der Waals surface area contributed by atoms with Crippen LogP contribution in [0.3, 0.4) is 0 Å². The topological polar surface area (TPSA) is 43.8 Å². The van der Waals surface area contributed by atoms with Crippen LogP contribution < -0.4 is 5.73 Å². The second-order valence-electron chi connectivity index (χ2n) is 4.39. The highest BCUT2D eigenvalue weighted by Gasteiger charge is 2.22. The fourth-order valence-corrected chi connectivity index (χ4v) is 1.89. The normalized spacial score (nSPS) is 11.2. The van der Waals surface area contributed by atoms with Gasteiger partial charge < -0.3 is 10.3 Å². The minimum atomic E-state index is -0.394. The minimum absolute atomic E-state index is 0.394. The standard InChI is InChI=1S/C12H17N3.C2H6/c1-4-15-10-8-6-5-7-9(10)14-11(15)12(2,3)13;1-2/h5-8H,4,13H2,1-3H3;1-2H3. The number of aryl methyl sites for hydroxylation is 1. The number of benzene rings is 1. The SMILES string of the molecule is CC.CCn1c(C(C)(C)N)nc2ccccc21. The van der Waals surface area contributed by atoms with Gasteiger partial charge >= 0.3 is 0 Å². The van der Waals surface area contributed by atoms with Crippen molar-refractivity contribution in [3.8, 4) is 0 Å². The van der Waals surface area contributed by atoms with Crippen LogP contribution in [0.2, 0.25) is 0 Å². The zero-order valence-electron chi connectivity index (χ0n) is 11.5. The van der Waals surface area contributed by atoms with E-state index in [0.717, 1.165) is 23.4 Å². The summed E-state index contributed by atoms with van der Waals surface area (Å²) in [7, 11) is 0. The zero-order valence-corrected chi connectivity index (χ0v) is 11.5. The number of nitrogens with zero attached hydrogens (tertiary/aromatic N) is 2. The third kappa shape index (κ3) is 2.67. The molecule has 0 amide bonds. The molecule has 2 N–H and O–H groups in total. The fraction of sp³-hybridized carbons (Fsp3) is 0.500. The lowest BCUT2D eigenvalue weighted by Crippen LogP contribution is -2.32. The number of nitrogens with two attached hydrogens (primary N) is 1. The molecule has 0 radical (unpaired) electrons. The van der Waals surface area contributed by atoms with Crippen LogP contribution in [-0.2, 0) is 12.1 Å². The van der Waals surface area contributed by atoms with Gasteiger partial charge in [0.15, 0.2) is 0 Å². The van der Waals surface area contributed by atoms with Gasteiger partial charge in [-0.25, -0.2) is 4.98 Å². The van der Waals surface area contributed by atoms with Crippen molar-refractivity contribution in [3.63, 3.8) is 0 Å². The first kappa shape index (κ1) is 13.7. The molecular weight excluding hydrogens is 210 g/mol. The summed E-state index contributed by atoms with van der Waals surface area (Å²) in [6.07, 6.45) is 0. The van der Waals surface area contributed by atoms with Crippen molar-refractivity contribution in [1.29, 1.82) is 0 Å². The molecule has 0 aliphatic rings. The molecular formula is C14H23N3. The fourth-order valence-electron chi connectivity index (χ4n) is 1.89. The van der Waals surface area contributed by atoms with Crippen molar-refractivity contribution in [2.45, 2.75) is 46.7 Å². The Bertz CT molecular complexity index is 478. The maximum absolute atomic E-state index is 6.11. The molecule has 1 aromatic heterocycles. The van der Waals surface area contributed by atoms with Crippen molar-refractivity contribution in [2.75, 3.05) is 0 Å². The largest absolute Gasteiger partial charge is 0.327 e. The molecule has 0 saturated carbocycles. The van der Waals surface area contributed by atoms with Gasteiger partial charge in [-0.3, -0.25) is 0 Å².